The van der Waals surface area contributed by atoms with E-state index < -0.39 is 11.1 Å². The molecule has 1 atom stereocenters. The van der Waals surface area contributed by atoms with Gasteiger partial charge in [-0.2, -0.15) is 0 Å². The van der Waals surface area contributed by atoms with Gasteiger partial charge in [-0.1, -0.05) is 6.07 Å². The zero-order valence-corrected chi connectivity index (χ0v) is 10.5. The summed E-state index contributed by atoms with van der Waals surface area (Å²) in [5.74, 6) is 0.256. The summed E-state index contributed by atoms with van der Waals surface area (Å²) in [5.41, 5.74) is 7.52. The number of nitrogens with zero attached hydrogens (tertiary/aromatic N) is 1. The largest absolute Gasteiger partial charge is 0.387 e. The molecule has 0 fully saturated rings. The van der Waals surface area contributed by atoms with E-state index in [0.717, 1.165) is 5.56 Å². The van der Waals surface area contributed by atoms with Crippen LogP contribution in [0, 0.1) is 0 Å². The summed E-state index contributed by atoms with van der Waals surface area (Å²) in [5, 5.41) is 0. The van der Waals surface area contributed by atoms with E-state index in [9.17, 15) is 9.00 Å². The summed E-state index contributed by atoms with van der Waals surface area (Å²) in [4.78, 5) is 15.8. The number of aliphatic imine (C=N–C) groups is 1. The first-order valence-corrected chi connectivity index (χ1v) is 6.37. The third-order valence-electron chi connectivity index (χ3n) is 2.62. The Labute approximate surface area is 107 Å². The van der Waals surface area contributed by atoms with Crippen molar-refractivity contribution >= 4 is 34.5 Å². The molecule has 0 saturated heterocycles. The molecule has 1 aliphatic heterocycles. The number of nitrogens with two attached hydrogens (primary N) is 1. The highest BCUT2D eigenvalue weighted by atomic mass is 32.2. The highest BCUT2D eigenvalue weighted by Gasteiger charge is 2.14. The molecule has 1 aliphatic rings. The van der Waals surface area contributed by atoms with Gasteiger partial charge in [0.2, 0.25) is 0 Å². The van der Waals surface area contributed by atoms with E-state index in [1.54, 1.807) is 12.1 Å². The second kappa shape index (κ2) is 4.83. The summed E-state index contributed by atoms with van der Waals surface area (Å²) < 4.78 is 20.0. The van der Waals surface area contributed by atoms with Crippen LogP contribution in [0.5, 0.6) is 0 Å². The van der Waals surface area contributed by atoms with Crippen molar-refractivity contribution in [3.8, 4) is 0 Å². The fourth-order valence-electron chi connectivity index (χ4n) is 1.71. The normalized spacial score (nSPS) is 16.1. The van der Waals surface area contributed by atoms with Gasteiger partial charge < -0.3 is 10.3 Å². The molecule has 1 heterocycles. The van der Waals surface area contributed by atoms with Gasteiger partial charge in [0.15, 0.2) is 16.9 Å². The van der Waals surface area contributed by atoms with Gasteiger partial charge in [0.1, 0.15) is 5.84 Å². The first-order chi connectivity index (χ1) is 8.47. The molecule has 0 aliphatic carbocycles. The Kier molecular flexibility index (Phi) is 3.40. The van der Waals surface area contributed by atoms with E-state index in [1.165, 1.54) is 19.1 Å². The number of hydrogen-bond donors (Lipinski definition) is 2. The average molecular weight is 264 g/mol. The van der Waals surface area contributed by atoms with Crippen LogP contribution in [0.4, 0.5) is 5.69 Å². The molecule has 0 aromatic heterocycles. The van der Waals surface area contributed by atoms with E-state index in [4.69, 9.17) is 10.3 Å². The van der Waals surface area contributed by atoms with Crippen molar-refractivity contribution in [3.63, 3.8) is 0 Å². The van der Waals surface area contributed by atoms with Gasteiger partial charge in [-0.15, -0.1) is 0 Å². The van der Waals surface area contributed by atoms with Crippen LogP contribution >= 0.6 is 0 Å². The lowest BCUT2D eigenvalue weighted by atomic mass is 10.0. The van der Waals surface area contributed by atoms with E-state index >= 15 is 0 Å². The van der Waals surface area contributed by atoms with Gasteiger partial charge >= 0.3 is 0 Å². The molecule has 0 bridgehead atoms. The number of hydrogen-bond acceptors (Lipinski definition) is 4. The number of carbonyl (C=O) groups is 1. The van der Waals surface area contributed by atoms with Gasteiger partial charge in [0.25, 0.3) is 0 Å². The van der Waals surface area contributed by atoms with Crippen molar-refractivity contribution in [3.05, 3.63) is 29.3 Å². The molecule has 94 valence electrons. The average Bonchev–Trinajstić information content (AvgIpc) is 2.45. The molecule has 0 spiro atoms. The maximum absolute atomic E-state index is 11.4. The van der Waals surface area contributed by atoms with Crippen molar-refractivity contribution < 1.29 is 13.6 Å². The second-order valence-corrected chi connectivity index (χ2v) is 4.95. The Bertz CT molecular complexity index is 605. The molecular formula is C12H12N2O3S. The van der Waals surface area contributed by atoms with Crippen LogP contribution in [0.2, 0.25) is 0 Å². The van der Waals surface area contributed by atoms with E-state index in [2.05, 4.69) is 4.99 Å². The van der Waals surface area contributed by atoms with E-state index in [-0.39, 0.29) is 10.7 Å². The van der Waals surface area contributed by atoms with Gasteiger partial charge in [-0.3, -0.25) is 4.79 Å². The lowest BCUT2D eigenvalue weighted by Crippen LogP contribution is -2.13. The topological polar surface area (TPSA) is 92.8 Å². The summed E-state index contributed by atoms with van der Waals surface area (Å²) in [6, 6.07) is 4.68. The number of fused-ring (bicyclic) bond motifs is 1. The molecule has 1 aromatic carbocycles. The third kappa shape index (κ3) is 2.55. The molecule has 3 N–H and O–H groups in total. The third-order valence-corrected chi connectivity index (χ3v) is 3.28. The van der Waals surface area contributed by atoms with Crippen LogP contribution in [0.15, 0.2) is 33.7 Å². The number of carbonyl (C=O) groups excluding carboxylic acids is 1. The van der Waals surface area contributed by atoms with Crippen LogP contribution in [-0.4, -0.2) is 20.4 Å². The highest BCUT2D eigenvalue weighted by Crippen LogP contribution is 2.28. The van der Waals surface area contributed by atoms with Crippen LogP contribution in [-0.2, 0) is 15.9 Å². The zero-order chi connectivity index (χ0) is 13.3. The van der Waals surface area contributed by atoms with Crippen molar-refractivity contribution in [1.82, 2.24) is 0 Å². The van der Waals surface area contributed by atoms with Gasteiger partial charge in [-0.05, 0) is 25.1 Å². The number of benzene rings is 1. The van der Waals surface area contributed by atoms with Crippen molar-refractivity contribution in [2.45, 2.75) is 18.2 Å². The summed E-state index contributed by atoms with van der Waals surface area (Å²) in [6.07, 6.45) is 2.01. The molecule has 1 aromatic rings. The highest BCUT2D eigenvalue weighted by molar-refractivity contribution is 7.79. The fraction of sp³-hybridized carbons (Fsp3) is 0.167. The smallest absolute Gasteiger partial charge is 0.186 e. The Balaban J connectivity index is 2.59. The lowest BCUT2D eigenvalue weighted by molar-refractivity contribution is -0.113. The minimum atomic E-state index is -2.06. The Hall–Kier alpha value is -1.79. The number of Topliss-reactive ketones (excluding diaryl/α,β-unsaturated/α-hetero) is 1. The first-order valence-electron chi connectivity index (χ1n) is 5.27. The summed E-state index contributed by atoms with van der Waals surface area (Å²) >= 11 is -2.06. The number of rotatable bonds is 2. The van der Waals surface area contributed by atoms with Crippen molar-refractivity contribution in [1.29, 1.82) is 0 Å². The van der Waals surface area contributed by atoms with Crippen LogP contribution < -0.4 is 5.73 Å². The molecule has 18 heavy (non-hydrogen) atoms. The second-order valence-electron chi connectivity index (χ2n) is 3.98. The predicted molar refractivity (Wildman–Crippen MR) is 70.0 cm³/mol. The molecule has 0 radical (unpaired) electrons. The quantitative estimate of drug-likeness (QED) is 0.794. The fourth-order valence-corrected chi connectivity index (χ4v) is 2.10. The van der Waals surface area contributed by atoms with E-state index in [0.29, 0.717) is 23.5 Å². The van der Waals surface area contributed by atoms with Crippen LogP contribution in [0.1, 0.15) is 18.9 Å². The minimum Gasteiger partial charge on any atom is -0.387 e. The molecule has 6 heteroatoms. The van der Waals surface area contributed by atoms with Gasteiger partial charge in [0.05, 0.1) is 10.6 Å². The summed E-state index contributed by atoms with van der Waals surface area (Å²) in [6.45, 7) is 1.47. The molecule has 2 rings (SSSR count). The summed E-state index contributed by atoms with van der Waals surface area (Å²) in [7, 11) is 0. The monoisotopic (exact) mass is 264 g/mol. The molecule has 0 saturated carbocycles. The predicted octanol–water partition coefficient (Wildman–Crippen LogP) is 1.63. The Morgan fingerprint density at radius 2 is 2.22 bits per heavy atom. The van der Waals surface area contributed by atoms with Gasteiger partial charge in [-0.25, -0.2) is 9.20 Å². The Morgan fingerprint density at radius 3 is 2.83 bits per heavy atom. The van der Waals surface area contributed by atoms with Gasteiger partial charge in [0, 0.05) is 17.6 Å². The Morgan fingerprint density at radius 1 is 1.50 bits per heavy atom. The lowest BCUT2D eigenvalue weighted by Gasteiger charge is -2.02. The molecular weight excluding hydrogens is 252 g/mol. The zero-order valence-electron chi connectivity index (χ0n) is 9.71. The van der Waals surface area contributed by atoms with Crippen molar-refractivity contribution in [2.75, 3.05) is 0 Å². The maximum Gasteiger partial charge on any atom is 0.186 e. The molecule has 5 nitrogen and oxygen atoms in total. The van der Waals surface area contributed by atoms with Crippen LogP contribution in [0.25, 0.3) is 6.08 Å². The SMILES string of the molecule is CC(=O)C1=Cc2ccc(S(=O)O)cc2N=C(N)C1. The van der Waals surface area contributed by atoms with Crippen LogP contribution in [0.3, 0.4) is 0 Å². The molecule has 1 unspecified atom stereocenters. The number of ketones is 1. The number of amidine groups is 1. The first kappa shape index (κ1) is 12.7. The maximum atomic E-state index is 11.4. The van der Waals surface area contributed by atoms with Crippen molar-refractivity contribution in [2.24, 2.45) is 10.7 Å². The molecule has 0 amide bonds. The van der Waals surface area contributed by atoms with E-state index in [1.807, 2.05) is 0 Å². The minimum absolute atomic E-state index is 0.0594. The standard InChI is InChI=1S/C12H12N2O3S/c1-7(15)9-4-8-2-3-10(18(16)17)6-11(8)14-12(13)5-9/h2-4,6H,5H2,1H3,(H2,13,14)(H,16,17).